The van der Waals surface area contributed by atoms with E-state index in [0.29, 0.717) is 31.9 Å². The standard InChI is InChI=1S/C21H26N4O4S/c26-20(9-15-30(28,29)18-7-2-1-3-8-18)23-11-13-24(14-12-23)21(27)19-16-17-6-4-5-10-25(17)22-19/h1-3,7-8,16H,4-6,9-15H2. The molecule has 1 aromatic heterocycles. The first-order chi connectivity index (χ1) is 14.4. The van der Waals surface area contributed by atoms with Crippen LogP contribution in [0.1, 0.15) is 35.4 Å². The maximum Gasteiger partial charge on any atom is 0.274 e. The summed E-state index contributed by atoms with van der Waals surface area (Å²) in [5.41, 5.74) is 1.58. The number of fused-ring (bicyclic) bond motifs is 1. The Morgan fingerprint density at radius 1 is 0.933 bits per heavy atom. The third-order valence-corrected chi connectivity index (χ3v) is 7.47. The largest absolute Gasteiger partial charge is 0.339 e. The number of piperazine rings is 1. The minimum atomic E-state index is -3.48. The molecule has 4 rings (SSSR count). The van der Waals surface area contributed by atoms with Crippen molar-refractivity contribution in [2.24, 2.45) is 0 Å². The van der Waals surface area contributed by atoms with Gasteiger partial charge >= 0.3 is 0 Å². The lowest BCUT2D eigenvalue weighted by Crippen LogP contribution is -2.50. The van der Waals surface area contributed by atoms with Crippen LogP contribution < -0.4 is 0 Å². The second-order valence-corrected chi connectivity index (χ2v) is 9.87. The lowest BCUT2D eigenvalue weighted by atomic mass is 10.1. The zero-order valence-corrected chi connectivity index (χ0v) is 17.7. The van der Waals surface area contributed by atoms with Crippen molar-refractivity contribution in [3.63, 3.8) is 0 Å². The highest BCUT2D eigenvalue weighted by atomic mass is 32.2. The first-order valence-corrected chi connectivity index (χ1v) is 12.0. The highest BCUT2D eigenvalue weighted by Crippen LogP contribution is 2.17. The quantitative estimate of drug-likeness (QED) is 0.714. The summed E-state index contributed by atoms with van der Waals surface area (Å²) in [5.74, 6) is -0.510. The number of benzene rings is 1. The Bertz CT molecular complexity index is 1000. The molecule has 30 heavy (non-hydrogen) atoms. The molecule has 1 aromatic carbocycles. The number of aromatic nitrogens is 2. The van der Waals surface area contributed by atoms with Crippen LogP contribution in [0.3, 0.4) is 0 Å². The maximum absolute atomic E-state index is 12.8. The SMILES string of the molecule is O=C(CCS(=O)(=O)c1ccccc1)N1CCN(C(=O)c2cc3n(n2)CCCC3)CC1. The van der Waals surface area contributed by atoms with E-state index in [0.717, 1.165) is 31.5 Å². The van der Waals surface area contributed by atoms with E-state index in [9.17, 15) is 18.0 Å². The van der Waals surface area contributed by atoms with Gasteiger partial charge in [0.2, 0.25) is 5.91 Å². The van der Waals surface area contributed by atoms with Crippen molar-refractivity contribution in [1.82, 2.24) is 19.6 Å². The Kier molecular flexibility index (Phi) is 5.90. The number of sulfone groups is 1. The van der Waals surface area contributed by atoms with Gasteiger partial charge in [-0.05, 0) is 37.5 Å². The molecule has 0 N–H and O–H groups in total. The van der Waals surface area contributed by atoms with Crippen LogP contribution >= 0.6 is 0 Å². The third kappa shape index (κ3) is 4.40. The fourth-order valence-electron chi connectivity index (χ4n) is 3.97. The third-order valence-electron chi connectivity index (χ3n) is 5.74. The van der Waals surface area contributed by atoms with Gasteiger partial charge in [-0.2, -0.15) is 5.10 Å². The Morgan fingerprint density at radius 3 is 2.33 bits per heavy atom. The topological polar surface area (TPSA) is 92.6 Å². The molecule has 0 saturated carbocycles. The van der Waals surface area contributed by atoms with E-state index < -0.39 is 9.84 Å². The summed E-state index contributed by atoms with van der Waals surface area (Å²) in [7, 11) is -3.48. The van der Waals surface area contributed by atoms with Gasteiger partial charge in [-0.15, -0.1) is 0 Å². The van der Waals surface area contributed by atoms with Gasteiger partial charge in [-0.1, -0.05) is 18.2 Å². The van der Waals surface area contributed by atoms with Crippen molar-refractivity contribution in [2.75, 3.05) is 31.9 Å². The molecule has 0 radical (unpaired) electrons. The zero-order valence-electron chi connectivity index (χ0n) is 16.9. The molecule has 160 valence electrons. The van der Waals surface area contributed by atoms with E-state index in [4.69, 9.17) is 0 Å². The molecule has 1 saturated heterocycles. The van der Waals surface area contributed by atoms with E-state index in [2.05, 4.69) is 5.10 Å². The summed E-state index contributed by atoms with van der Waals surface area (Å²) in [6.07, 6.45) is 3.11. The van der Waals surface area contributed by atoms with E-state index in [1.165, 1.54) is 12.1 Å². The Hall–Kier alpha value is -2.68. The van der Waals surface area contributed by atoms with Gasteiger partial charge in [-0.25, -0.2) is 8.42 Å². The van der Waals surface area contributed by atoms with Crippen molar-refractivity contribution in [3.8, 4) is 0 Å². The van der Waals surface area contributed by atoms with Crippen LogP contribution in [0, 0.1) is 0 Å². The van der Waals surface area contributed by atoms with Gasteiger partial charge in [0.1, 0.15) is 0 Å². The maximum atomic E-state index is 12.8. The van der Waals surface area contributed by atoms with Gasteiger partial charge in [0.15, 0.2) is 15.5 Å². The average molecular weight is 431 g/mol. The molecule has 3 heterocycles. The van der Waals surface area contributed by atoms with Gasteiger partial charge in [0, 0.05) is 44.8 Å². The van der Waals surface area contributed by atoms with Crippen LogP contribution in [0.25, 0.3) is 0 Å². The zero-order chi connectivity index (χ0) is 21.1. The van der Waals surface area contributed by atoms with E-state index in [1.54, 1.807) is 28.0 Å². The van der Waals surface area contributed by atoms with E-state index in [1.807, 2.05) is 10.7 Å². The number of aryl methyl sites for hydroxylation is 2. The summed E-state index contributed by atoms with van der Waals surface area (Å²) in [6, 6.07) is 10.1. The van der Waals surface area contributed by atoms with E-state index in [-0.39, 0.29) is 28.9 Å². The minimum Gasteiger partial charge on any atom is -0.339 e. The highest BCUT2D eigenvalue weighted by Gasteiger charge is 2.28. The van der Waals surface area contributed by atoms with Crippen molar-refractivity contribution >= 4 is 21.7 Å². The highest BCUT2D eigenvalue weighted by molar-refractivity contribution is 7.91. The summed E-state index contributed by atoms with van der Waals surface area (Å²) in [5, 5.41) is 4.44. The molecule has 8 nitrogen and oxygen atoms in total. The molecule has 0 unspecified atom stereocenters. The Balaban J connectivity index is 1.29. The number of amides is 2. The van der Waals surface area contributed by atoms with Crippen LogP contribution in [0.4, 0.5) is 0 Å². The summed E-state index contributed by atoms with van der Waals surface area (Å²) in [6.45, 7) is 2.53. The van der Waals surface area contributed by atoms with Gasteiger partial charge in [0.25, 0.3) is 5.91 Å². The molecule has 9 heteroatoms. The van der Waals surface area contributed by atoms with Crippen LogP contribution in [-0.2, 0) is 27.6 Å². The van der Waals surface area contributed by atoms with Crippen LogP contribution in [0.2, 0.25) is 0 Å². The van der Waals surface area contributed by atoms with Crippen molar-refractivity contribution in [1.29, 1.82) is 0 Å². The number of carbonyl (C=O) groups excluding carboxylic acids is 2. The van der Waals surface area contributed by atoms with Gasteiger partial charge in [-0.3, -0.25) is 14.3 Å². The molecule has 2 aliphatic rings. The first kappa shape index (κ1) is 20.6. The van der Waals surface area contributed by atoms with E-state index >= 15 is 0 Å². The fraction of sp³-hybridized carbons (Fsp3) is 0.476. The lowest BCUT2D eigenvalue weighted by molar-refractivity contribution is -0.132. The molecular weight excluding hydrogens is 404 g/mol. The monoisotopic (exact) mass is 430 g/mol. The summed E-state index contributed by atoms with van der Waals surface area (Å²) >= 11 is 0. The predicted octanol–water partition coefficient (Wildman–Crippen LogP) is 1.37. The Labute approximate surface area is 176 Å². The number of carbonyl (C=O) groups is 2. The number of hydrogen-bond donors (Lipinski definition) is 0. The number of rotatable bonds is 5. The van der Waals surface area contributed by atoms with Crippen molar-refractivity contribution in [3.05, 3.63) is 47.8 Å². The predicted molar refractivity (Wildman–Crippen MR) is 111 cm³/mol. The molecule has 0 atom stereocenters. The Morgan fingerprint density at radius 2 is 1.63 bits per heavy atom. The summed E-state index contributed by atoms with van der Waals surface area (Å²) < 4.78 is 26.7. The number of nitrogens with zero attached hydrogens (tertiary/aromatic N) is 4. The lowest BCUT2D eigenvalue weighted by Gasteiger charge is -2.34. The second kappa shape index (κ2) is 8.59. The smallest absolute Gasteiger partial charge is 0.274 e. The van der Waals surface area contributed by atoms with Crippen LogP contribution in [0.15, 0.2) is 41.3 Å². The molecule has 0 aliphatic carbocycles. The minimum absolute atomic E-state index is 0.0566. The number of hydrogen-bond acceptors (Lipinski definition) is 5. The molecule has 2 aromatic rings. The molecule has 2 aliphatic heterocycles. The van der Waals surface area contributed by atoms with Crippen molar-refractivity contribution < 1.29 is 18.0 Å². The summed E-state index contributed by atoms with van der Waals surface area (Å²) in [4.78, 5) is 28.9. The molecule has 2 amide bonds. The first-order valence-electron chi connectivity index (χ1n) is 10.4. The van der Waals surface area contributed by atoms with Gasteiger partial charge < -0.3 is 9.80 Å². The molecule has 0 spiro atoms. The normalized spacial score (nSPS) is 16.9. The molecule has 1 fully saturated rings. The van der Waals surface area contributed by atoms with Crippen molar-refractivity contribution in [2.45, 2.75) is 37.1 Å². The van der Waals surface area contributed by atoms with Crippen LogP contribution in [-0.4, -0.2) is 71.7 Å². The fourth-order valence-corrected chi connectivity index (χ4v) is 5.22. The van der Waals surface area contributed by atoms with Crippen LogP contribution in [0.5, 0.6) is 0 Å². The average Bonchev–Trinajstić information content (AvgIpc) is 3.22. The van der Waals surface area contributed by atoms with Gasteiger partial charge in [0.05, 0.1) is 10.6 Å². The molecular formula is C21H26N4O4S. The molecule has 0 bridgehead atoms. The second-order valence-electron chi connectivity index (χ2n) is 7.76.